The number of anilines is 2. The molecule has 80 heavy (non-hydrogen) atoms. The Kier molecular flexibility index (Phi) is 15.8. The molecule has 0 bridgehead atoms. The largest absolute Gasteiger partial charge is 0.496 e. The molecule has 10 heteroatoms. The minimum absolute atomic E-state index is 0.143. The van der Waals surface area contributed by atoms with Crippen LogP contribution in [0.4, 0.5) is 11.4 Å². The fourth-order valence-electron chi connectivity index (χ4n) is 10.5. The zero-order valence-electron chi connectivity index (χ0n) is 47.8. The fraction of sp³-hybridized carbons (Fsp3) is 0.229. The molecule has 0 radical (unpaired) electrons. The molecule has 0 aliphatic heterocycles. The van der Waals surface area contributed by atoms with Gasteiger partial charge >= 0.3 is 0 Å². The summed E-state index contributed by atoms with van der Waals surface area (Å²) in [4.78, 5) is 57.4. The first-order valence-corrected chi connectivity index (χ1v) is 27.1. The third-order valence-corrected chi connectivity index (χ3v) is 14.8. The Morgan fingerprint density at radius 3 is 1.12 bits per heavy atom. The van der Waals surface area contributed by atoms with Gasteiger partial charge in [-0.05, 0) is 117 Å². The molecule has 406 valence electrons. The van der Waals surface area contributed by atoms with Gasteiger partial charge in [0, 0.05) is 27.5 Å². The third kappa shape index (κ3) is 11.3. The van der Waals surface area contributed by atoms with Crippen LogP contribution in [0, 0.1) is 24.7 Å². The number of methoxy groups -OCH3 is 2. The van der Waals surface area contributed by atoms with Gasteiger partial charge in [-0.15, -0.1) is 0 Å². The Labute approximate surface area is 470 Å². The van der Waals surface area contributed by atoms with E-state index in [1.54, 1.807) is 0 Å². The van der Waals surface area contributed by atoms with Crippen molar-refractivity contribution < 1.29 is 28.7 Å². The summed E-state index contributed by atoms with van der Waals surface area (Å²) in [5.41, 5.74) is 10.1. The lowest BCUT2D eigenvalue weighted by atomic mass is 9.85. The second-order valence-corrected chi connectivity index (χ2v) is 22.7. The quantitative estimate of drug-likeness (QED) is 0.0857. The van der Waals surface area contributed by atoms with Crippen LogP contribution in [0.3, 0.4) is 0 Å². The van der Waals surface area contributed by atoms with Gasteiger partial charge in [-0.3, -0.25) is 19.2 Å². The maximum absolute atomic E-state index is 14.6. The average Bonchev–Trinajstić information content (AvgIpc) is 3.63. The topological polar surface area (TPSA) is 135 Å². The summed E-state index contributed by atoms with van der Waals surface area (Å²) in [6, 6.07) is 55.5. The number of hydrogen-bond acceptors (Lipinski definition) is 6. The molecule has 2 atom stereocenters. The summed E-state index contributed by atoms with van der Waals surface area (Å²) in [5.74, 6) is -0.328. The number of nitrogens with one attached hydrogen (secondary N) is 4. The van der Waals surface area contributed by atoms with E-state index < -0.39 is 10.8 Å². The molecule has 0 aliphatic rings. The maximum atomic E-state index is 14.6. The molecule has 4 N–H and O–H groups in total. The Bertz CT molecular complexity index is 3790. The van der Waals surface area contributed by atoms with Crippen LogP contribution in [0.5, 0.6) is 11.5 Å². The smallest absolute Gasteiger partial charge is 0.259 e. The summed E-state index contributed by atoms with van der Waals surface area (Å²) in [5, 5.41) is 16.7. The summed E-state index contributed by atoms with van der Waals surface area (Å²) in [6.45, 7) is 19.1. The predicted molar refractivity (Wildman–Crippen MR) is 327 cm³/mol. The van der Waals surface area contributed by atoms with Crippen molar-refractivity contribution in [3.63, 3.8) is 0 Å². The normalized spacial score (nSPS) is 12.3. The summed E-state index contributed by atoms with van der Waals surface area (Å²) >= 11 is 0. The molecule has 0 saturated heterocycles. The van der Waals surface area contributed by atoms with Crippen LogP contribution in [-0.4, -0.2) is 37.8 Å². The van der Waals surface area contributed by atoms with E-state index in [2.05, 4.69) is 57.7 Å². The van der Waals surface area contributed by atoms with Crippen LogP contribution in [-0.2, 0) is 9.59 Å². The molecule has 9 rings (SSSR count). The Morgan fingerprint density at radius 2 is 0.762 bits per heavy atom. The van der Waals surface area contributed by atoms with Gasteiger partial charge < -0.3 is 30.7 Å². The van der Waals surface area contributed by atoms with Crippen molar-refractivity contribution in [2.24, 2.45) is 10.8 Å². The van der Waals surface area contributed by atoms with Gasteiger partial charge in [0.05, 0.1) is 37.7 Å². The highest BCUT2D eigenvalue weighted by molar-refractivity contribution is 6.18. The van der Waals surface area contributed by atoms with Crippen molar-refractivity contribution in [3.8, 4) is 56.0 Å². The van der Waals surface area contributed by atoms with Gasteiger partial charge in [0.1, 0.15) is 17.1 Å². The van der Waals surface area contributed by atoms with E-state index in [0.29, 0.717) is 39.6 Å². The molecule has 0 fully saturated rings. The lowest BCUT2D eigenvalue weighted by Crippen LogP contribution is -2.31. The summed E-state index contributed by atoms with van der Waals surface area (Å²) in [6.07, 6.45) is 0. The minimum Gasteiger partial charge on any atom is -0.496 e. The molecule has 0 heterocycles. The number of fused-ring (bicyclic) bond motifs is 2. The van der Waals surface area contributed by atoms with E-state index in [1.165, 1.54) is 14.2 Å². The van der Waals surface area contributed by atoms with Gasteiger partial charge in [-0.2, -0.15) is 0 Å². The Morgan fingerprint density at radius 1 is 0.412 bits per heavy atom. The van der Waals surface area contributed by atoms with Crippen molar-refractivity contribution in [1.82, 2.24) is 10.6 Å². The lowest BCUT2D eigenvalue weighted by Gasteiger charge is -2.27. The molecular formula is C70H70N4O6. The molecule has 9 aromatic carbocycles. The predicted octanol–water partition coefficient (Wildman–Crippen LogP) is 16.2. The first-order valence-electron chi connectivity index (χ1n) is 27.1. The van der Waals surface area contributed by atoms with Crippen molar-refractivity contribution in [3.05, 3.63) is 203 Å². The van der Waals surface area contributed by atoms with Crippen LogP contribution in [0.1, 0.15) is 110 Å². The Balaban J connectivity index is 1.24. The Hall–Kier alpha value is -9.02. The third-order valence-electron chi connectivity index (χ3n) is 14.8. The van der Waals surface area contributed by atoms with Gasteiger partial charge in [0.2, 0.25) is 11.8 Å². The molecule has 0 saturated carbocycles. The first-order chi connectivity index (χ1) is 38.2. The van der Waals surface area contributed by atoms with E-state index in [-0.39, 0.29) is 41.3 Å². The summed E-state index contributed by atoms with van der Waals surface area (Å²) in [7, 11) is 3.07. The molecule has 2 unspecified atom stereocenters. The number of carbonyl (C=O) groups is 4. The molecular weight excluding hydrogens is 993 g/mol. The molecule has 0 aromatic heterocycles. The number of aryl methyl sites for hydroxylation is 2. The first kappa shape index (κ1) is 55.7. The number of rotatable bonds is 14. The number of carbonyl (C=O) groups excluding carboxylic acids is 4. The van der Waals surface area contributed by atoms with Crippen molar-refractivity contribution in [1.29, 1.82) is 0 Å². The van der Waals surface area contributed by atoms with Crippen LogP contribution >= 0.6 is 0 Å². The molecule has 0 aliphatic carbocycles. The highest BCUT2D eigenvalue weighted by atomic mass is 16.5. The van der Waals surface area contributed by atoms with Crippen LogP contribution in [0.2, 0.25) is 0 Å². The van der Waals surface area contributed by atoms with Gasteiger partial charge in [-0.25, -0.2) is 0 Å². The van der Waals surface area contributed by atoms with E-state index >= 15 is 0 Å². The second-order valence-electron chi connectivity index (χ2n) is 22.7. The number of ether oxygens (including phenoxy) is 2. The lowest BCUT2D eigenvalue weighted by molar-refractivity contribution is -0.124. The monoisotopic (exact) mass is 1060 g/mol. The van der Waals surface area contributed by atoms with Crippen LogP contribution in [0.15, 0.2) is 170 Å². The van der Waals surface area contributed by atoms with Gasteiger partial charge in [0.15, 0.2) is 0 Å². The van der Waals surface area contributed by atoms with E-state index in [4.69, 9.17) is 9.47 Å². The number of benzene rings is 9. The van der Waals surface area contributed by atoms with Crippen molar-refractivity contribution in [2.45, 2.75) is 81.3 Å². The van der Waals surface area contributed by atoms with Crippen LogP contribution in [0.25, 0.3) is 66.1 Å². The zero-order chi connectivity index (χ0) is 57.2. The fourth-order valence-corrected chi connectivity index (χ4v) is 10.5. The molecule has 0 spiro atoms. The second kappa shape index (κ2) is 22.8. The summed E-state index contributed by atoms with van der Waals surface area (Å²) < 4.78 is 12.0. The van der Waals surface area contributed by atoms with E-state index in [9.17, 15) is 19.2 Å². The van der Waals surface area contributed by atoms with Crippen LogP contribution < -0.4 is 30.7 Å². The zero-order valence-corrected chi connectivity index (χ0v) is 47.8. The number of hydrogen-bond donors (Lipinski definition) is 4. The van der Waals surface area contributed by atoms with E-state index in [1.807, 2.05) is 203 Å². The highest BCUT2D eigenvalue weighted by Gasteiger charge is 2.31. The molecule has 9 aromatic rings. The molecule has 10 nitrogen and oxygen atoms in total. The van der Waals surface area contributed by atoms with Gasteiger partial charge in [0.25, 0.3) is 11.8 Å². The number of amides is 4. The van der Waals surface area contributed by atoms with Gasteiger partial charge in [-0.1, -0.05) is 199 Å². The SMILES string of the molecule is COc1cc(-c2cccc3cccc(-c4ccc(-c5cccc6cccc(-c7cc(C)c(C(=O)NC(C)c8ccccc8)c(C)c7)c56)c(NC(=O)C(C)(C)C)c4NC(=O)C(C)(C)C)c23)cc(OC)c1C(=O)NC(C)c1ccccc1. The highest BCUT2D eigenvalue weighted by Crippen LogP contribution is 2.49. The standard InChI is InChI=1S/C70H70N4O6/c1-41-37-49(38-42(2)59(41)65(75)71-43(3)45-23-15-13-16-24-45)51-31-19-27-47-29-21-33-53(60(47)51)55-35-36-56(64(74-68(78)70(8,9)10)63(55)73-67(77)69(5,6)7)54-34-22-30-48-28-20-32-52(61(48)54)50-39-57(79-11)62(58(40-50)80-12)66(76)72-44(4)46-25-17-14-18-26-46/h13-40,43-44H,1-12H3,(H,71,75)(H,72,76)(H,73,77)(H,74,78). The van der Waals surface area contributed by atoms with E-state index in [0.717, 1.165) is 77.2 Å². The van der Waals surface area contributed by atoms with Crippen molar-refractivity contribution >= 4 is 56.5 Å². The minimum atomic E-state index is -0.840. The molecule has 4 amide bonds. The maximum Gasteiger partial charge on any atom is 0.259 e. The average molecular weight is 1060 g/mol. The van der Waals surface area contributed by atoms with Crippen molar-refractivity contribution in [2.75, 3.05) is 24.9 Å².